The first kappa shape index (κ1) is 12.0. The summed E-state index contributed by atoms with van der Waals surface area (Å²) in [5, 5.41) is 3.76. The number of hydrogen-bond acceptors (Lipinski definition) is 3. The lowest BCUT2D eigenvalue weighted by molar-refractivity contribution is 0.167. The Morgan fingerprint density at radius 2 is 2.40 bits per heavy atom. The van der Waals surface area contributed by atoms with Crippen molar-refractivity contribution in [1.29, 1.82) is 0 Å². The molecule has 4 heteroatoms. The molecule has 1 aromatic heterocycles. The van der Waals surface area contributed by atoms with E-state index in [4.69, 9.17) is 16.3 Å². The van der Waals surface area contributed by atoms with Gasteiger partial charge in [-0.3, -0.25) is 0 Å². The highest BCUT2D eigenvalue weighted by molar-refractivity contribution is 6.30. The van der Waals surface area contributed by atoms with Gasteiger partial charge < -0.3 is 10.1 Å². The summed E-state index contributed by atoms with van der Waals surface area (Å²) in [6.07, 6.45) is 1.61. The van der Waals surface area contributed by atoms with Crippen molar-refractivity contribution >= 4 is 17.4 Å². The van der Waals surface area contributed by atoms with E-state index >= 15 is 0 Å². The van der Waals surface area contributed by atoms with E-state index in [0.717, 1.165) is 17.9 Å². The first-order valence-electron chi connectivity index (χ1n) is 4.76. The van der Waals surface area contributed by atoms with Crippen LogP contribution in [-0.4, -0.2) is 24.7 Å². The molecule has 1 N–H and O–H groups in total. The number of hydrogen-bond donors (Lipinski definition) is 1. The highest BCUT2D eigenvalue weighted by atomic mass is 35.5. The quantitative estimate of drug-likeness (QED) is 0.598. The minimum atomic E-state index is 0.607. The second-order valence-electron chi connectivity index (χ2n) is 3.30. The zero-order valence-corrected chi connectivity index (χ0v) is 9.55. The second-order valence-corrected chi connectivity index (χ2v) is 3.73. The van der Waals surface area contributed by atoms with Crippen molar-refractivity contribution in [3.8, 4) is 0 Å². The van der Waals surface area contributed by atoms with Crippen LogP contribution in [-0.2, 0) is 4.74 Å². The lowest BCUT2D eigenvalue weighted by Crippen LogP contribution is -2.10. The maximum atomic E-state index is 5.71. The Morgan fingerprint density at radius 1 is 1.60 bits per heavy atom. The van der Waals surface area contributed by atoms with Crippen molar-refractivity contribution in [2.45, 2.75) is 6.92 Å². The van der Waals surface area contributed by atoms with Crippen LogP contribution in [0, 0.1) is 0 Å². The minimum Gasteiger partial charge on any atom is -0.375 e. The van der Waals surface area contributed by atoms with Crippen LogP contribution in [0.1, 0.15) is 6.92 Å². The van der Waals surface area contributed by atoms with E-state index in [1.54, 1.807) is 12.3 Å². The molecule has 0 atom stereocenters. The maximum absolute atomic E-state index is 5.71. The van der Waals surface area contributed by atoms with Crippen molar-refractivity contribution in [2.75, 3.05) is 25.1 Å². The Hall–Kier alpha value is -1.06. The topological polar surface area (TPSA) is 34.1 Å². The average molecular weight is 227 g/mol. The van der Waals surface area contributed by atoms with Crippen LogP contribution in [0.4, 0.5) is 5.82 Å². The molecule has 0 amide bonds. The van der Waals surface area contributed by atoms with Gasteiger partial charge in [0.2, 0.25) is 0 Å². The van der Waals surface area contributed by atoms with Crippen molar-refractivity contribution in [3.63, 3.8) is 0 Å². The molecule has 0 aliphatic carbocycles. The molecule has 0 unspecified atom stereocenters. The summed E-state index contributed by atoms with van der Waals surface area (Å²) in [7, 11) is 0. The molecule has 0 aliphatic rings. The molecule has 1 heterocycles. The lowest BCUT2D eigenvalue weighted by Gasteiger charge is -2.06. The minimum absolute atomic E-state index is 0.607. The van der Waals surface area contributed by atoms with Gasteiger partial charge in [0.15, 0.2) is 0 Å². The zero-order chi connectivity index (χ0) is 11.1. The third kappa shape index (κ3) is 5.40. The summed E-state index contributed by atoms with van der Waals surface area (Å²) >= 11 is 5.71. The number of pyridine rings is 1. The van der Waals surface area contributed by atoms with Gasteiger partial charge >= 0.3 is 0 Å². The maximum Gasteiger partial charge on any atom is 0.126 e. The molecule has 3 nitrogen and oxygen atoms in total. The first-order chi connectivity index (χ1) is 7.18. The van der Waals surface area contributed by atoms with E-state index in [-0.39, 0.29) is 0 Å². The molecular formula is C11H15ClN2O. The molecule has 15 heavy (non-hydrogen) atoms. The van der Waals surface area contributed by atoms with E-state index in [9.17, 15) is 0 Å². The molecule has 0 fully saturated rings. The normalized spacial score (nSPS) is 10.0. The van der Waals surface area contributed by atoms with Gasteiger partial charge in [-0.15, -0.1) is 0 Å². The predicted octanol–water partition coefficient (Wildman–Crippen LogP) is 2.74. The standard InChI is InChI=1S/C11H15ClN2O/c1-9(2)8-15-6-5-13-11-4-3-10(12)7-14-11/h3-4,7H,1,5-6,8H2,2H3,(H,13,14). The monoisotopic (exact) mass is 226 g/mol. The van der Waals surface area contributed by atoms with Crippen LogP contribution in [0.3, 0.4) is 0 Å². The fraction of sp³-hybridized carbons (Fsp3) is 0.364. The molecule has 0 spiro atoms. The van der Waals surface area contributed by atoms with Crippen molar-refractivity contribution in [2.24, 2.45) is 0 Å². The van der Waals surface area contributed by atoms with Crippen LogP contribution in [0.2, 0.25) is 5.02 Å². The molecule has 0 aliphatic heterocycles. The summed E-state index contributed by atoms with van der Waals surface area (Å²) in [6.45, 7) is 7.65. The van der Waals surface area contributed by atoms with Crippen LogP contribution in [0.5, 0.6) is 0 Å². The summed E-state index contributed by atoms with van der Waals surface area (Å²) in [5.41, 5.74) is 1.03. The molecule has 0 saturated heterocycles. The molecule has 1 aromatic rings. The van der Waals surface area contributed by atoms with Gasteiger partial charge in [0.1, 0.15) is 5.82 Å². The zero-order valence-electron chi connectivity index (χ0n) is 8.79. The van der Waals surface area contributed by atoms with E-state index in [0.29, 0.717) is 18.2 Å². The third-order valence-electron chi connectivity index (χ3n) is 1.63. The molecule has 0 radical (unpaired) electrons. The van der Waals surface area contributed by atoms with Crippen LogP contribution in [0.25, 0.3) is 0 Å². The number of nitrogens with one attached hydrogen (secondary N) is 1. The van der Waals surface area contributed by atoms with E-state index < -0.39 is 0 Å². The summed E-state index contributed by atoms with van der Waals surface area (Å²) in [6, 6.07) is 3.63. The summed E-state index contributed by atoms with van der Waals surface area (Å²) in [5.74, 6) is 0.804. The van der Waals surface area contributed by atoms with Gasteiger partial charge in [-0.1, -0.05) is 23.8 Å². The number of nitrogens with zero attached hydrogens (tertiary/aromatic N) is 1. The molecule has 0 saturated carbocycles. The van der Waals surface area contributed by atoms with Gasteiger partial charge in [0, 0.05) is 12.7 Å². The Morgan fingerprint density at radius 3 is 3.00 bits per heavy atom. The van der Waals surface area contributed by atoms with Gasteiger partial charge in [0.25, 0.3) is 0 Å². The highest BCUT2D eigenvalue weighted by Gasteiger charge is 1.93. The number of ether oxygens (including phenoxy) is 1. The van der Waals surface area contributed by atoms with Crippen molar-refractivity contribution in [1.82, 2.24) is 4.98 Å². The molecule has 1 rings (SSSR count). The van der Waals surface area contributed by atoms with Crippen LogP contribution >= 0.6 is 11.6 Å². The molecular weight excluding hydrogens is 212 g/mol. The van der Waals surface area contributed by atoms with Crippen molar-refractivity contribution < 1.29 is 4.74 Å². The fourth-order valence-corrected chi connectivity index (χ4v) is 1.09. The van der Waals surface area contributed by atoms with E-state index in [1.807, 2.05) is 13.0 Å². The SMILES string of the molecule is C=C(C)COCCNc1ccc(Cl)cn1. The second kappa shape index (κ2) is 6.43. The Balaban J connectivity index is 2.15. The number of rotatable bonds is 6. The largest absolute Gasteiger partial charge is 0.375 e. The highest BCUT2D eigenvalue weighted by Crippen LogP contribution is 2.08. The average Bonchev–Trinajstić information content (AvgIpc) is 2.20. The predicted molar refractivity (Wildman–Crippen MR) is 63.4 cm³/mol. The molecule has 0 bridgehead atoms. The van der Waals surface area contributed by atoms with Gasteiger partial charge in [-0.05, 0) is 19.1 Å². The third-order valence-corrected chi connectivity index (χ3v) is 1.85. The van der Waals surface area contributed by atoms with E-state index in [2.05, 4.69) is 16.9 Å². The number of aromatic nitrogens is 1. The Kier molecular flexibility index (Phi) is 5.15. The molecule has 82 valence electrons. The Labute approximate surface area is 95.1 Å². The van der Waals surface area contributed by atoms with Gasteiger partial charge in [0.05, 0.1) is 18.2 Å². The Bertz CT molecular complexity index is 311. The number of anilines is 1. The summed E-state index contributed by atoms with van der Waals surface area (Å²) < 4.78 is 5.32. The molecule has 0 aromatic carbocycles. The summed E-state index contributed by atoms with van der Waals surface area (Å²) in [4.78, 5) is 4.09. The van der Waals surface area contributed by atoms with Crippen LogP contribution < -0.4 is 5.32 Å². The van der Waals surface area contributed by atoms with E-state index in [1.165, 1.54) is 0 Å². The number of halogens is 1. The van der Waals surface area contributed by atoms with Gasteiger partial charge in [-0.25, -0.2) is 4.98 Å². The van der Waals surface area contributed by atoms with Crippen molar-refractivity contribution in [3.05, 3.63) is 35.5 Å². The smallest absolute Gasteiger partial charge is 0.126 e. The first-order valence-corrected chi connectivity index (χ1v) is 5.14. The fourth-order valence-electron chi connectivity index (χ4n) is 0.978. The van der Waals surface area contributed by atoms with Crippen LogP contribution in [0.15, 0.2) is 30.5 Å². The lowest BCUT2D eigenvalue weighted by atomic mass is 10.4. The van der Waals surface area contributed by atoms with Gasteiger partial charge in [-0.2, -0.15) is 0 Å².